The van der Waals surface area contributed by atoms with Crippen LogP contribution in [-0.4, -0.2) is 35.2 Å². The molecule has 0 aliphatic carbocycles. The van der Waals surface area contributed by atoms with Gasteiger partial charge in [0.05, 0.1) is 23.1 Å². The predicted molar refractivity (Wildman–Crippen MR) is 109 cm³/mol. The van der Waals surface area contributed by atoms with Crippen molar-refractivity contribution in [2.75, 3.05) is 30.4 Å². The van der Waals surface area contributed by atoms with Crippen LogP contribution in [0, 0.1) is 0 Å². The summed E-state index contributed by atoms with van der Waals surface area (Å²) in [5.41, 5.74) is 1.07. The lowest BCUT2D eigenvalue weighted by molar-refractivity contribution is -0.137. The second-order valence-electron chi connectivity index (χ2n) is 6.61. The Morgan fingerprint density at radius 2 is 1.97 bits per heavy atom. The molecule has 0 radical (unpaired) electrons. The van der Waals surface area contributed by atoms with Crippen LogP contribution in [0.4, 0.5) is 24.8 Å². The number of alkyl halides is 3. The monoisotopic (exact) mass is 420 g/mol. The normalized spacial score (nSPS) is 11.6. The number of carbonyl (C=O) groups is 1. The summed E-state index contributed by atoms with van der Waals surface area (Å²) in [7, 11) is 0. The lowest BCUT2D eigenvalue weighted by atomic mass is 10.2. The summed E-state index contributed by atoms with van der Waals surface area (Å²) >= 11 is 0. The Morgan fingerprint density at radius 3 is 2.73 bits per heavy atom. The first-order chi connectivity index (χ1) is 14.4. The molecule has 3 aromatic rings. The second kappa shape index (κ2) is 9.62. The van der Waals surface area contributed by atoms with Crippen LogP contribution in [0.2, 0.25) is 0 Å². The Kier molecular flexibility index (Phi) is 6.94. The van der Waals surface area contributed by atoms with Gasteiger partial charge in [-0.05, 0) is 43.7 Å². The quantitative estimate of drug-likeness (QED) is 0.499. The highest BCUT2D eigenvalue weighted by Gasteiger charge is 2.30. The van der Waals surface area contributed by atoms with E-state index in [1.165, 1.54) is 12.1 Å². The van der Waals surface area contributed by atoms with Gasteiger partial charge in [-0.15, -0.1) is 0 Å². The van der Waals surface area contributed by atoms with Gasteiger partial charge < -0.3 is 14.6 Å². The molecule has 0 spiro atoms. The first-order valence-electron chi connectivity index (χ1n) is 9.62. The molecule has 0 saturated carbocycles. The van der Waals surface area contributed by atoms with Gasteiger partial charge in [0.25, 0.3) is 0 Å². The Labute approximate surface area is 172 Å². The minimum atomic E-state index is -4.44. The molecular formula is C21H23F3N4O2. The maximum atomic E-state index is 12.8. The number of carbonyl (C=O) groups excluding carboxylic acids is 1. The topological polar surface area (TPSA) is 68.2 Å². The zero-order valence-corrected chi connectivity index (χ0v) is 16.5. The van der Waals surface area contributed by atoms with Gasteiger partial charge in [0, 0.05) is 25.4 Å². The van der Waals surface area contributed by atoms with E-state index in [1.54, 1.807) is 0 Å². The summed E-state index contributed by atoms with van der Waals surface area (Å²) < 4.78 is 45.7. The van der Waals surface area contributed by atoms with Crippen molar-refractivity contribution in [1.82, 2.24) is 9.55 Å². The van der Waals surface area contributed by atoms with Crippen LogP contribution >= 0.6 is 0 Å². The first-order valence-corrected chi connectivity index (χ1v) is 9.62. The number of hydrogen-bond acceptors (Lipinski definition) is 4. The standard InChI is InChI=1S/C21H23F3N4O2/c1-2-30-12-6-11-28-18-10-4-3-9-17(18)26-20(28)27-19(29)14-25-16-8-5-7-15(13-16)21(22,23)24/h3-5,7-10,13,25H,2,6,11-12,14H2,1H3,(H,26,27,29). The maximum Gasteiger partial charge on any atom is 0.416 e. The molecule has 0 atom stereocenters. The number of amides is 1. The smallest absolute Gasteiger partial charge is 0.382 e. The highest BCUT2D eigenvalue weighted by atomic mass is 19.4. The number of fused-ring (bicyclic) bond motifs is 1. The molecule has 0 aliphatic rings. The SMILES string of the molecule is CCOCCCn1c(NC(=O)CNc2cccc(C(F)(F)F)c2)nc2ccccc21. The molecule has 0 aliphatic heterocycles. The molecule has 1 aromatic heterocycles. The Morgan fingerprint density at radius 1 is 1.17 bits per heavy atom. The van der Waals surface area contributed by atoms with E-state index in [0.29, 0.717) is 25.7 Å². The fourth-order valence-corrected chi connectivity index (χ4v) is 3.02. The van der Waals surface area contributed by atoms with Crippen LogP contribution in [-0.2, 0) is 22.3 Å². The van der Waals surface area contributed by atoms with Crippen molar-refractivity contribution in [2.45, 2.75) is 26.1 Å². The highest BCUT2D eigenvalue weighted by molar-refractivity contribution is 5.94. The van der Waals surface area contributed by atoms with Crippen molar-refractivity contribution in [3.63, 3.8) is 0 Å². The number of rotatable bonds is 9. The molecule has 0 unspecified atom stereocenters. The number of imidazole rings is 1. The number of nitrogens with one attached hydrogen (secondary N) is 2. The molecule has 3 rings (SSSR count). The van der Waals surface area contributed by atoms with Gasteiger partial charge in [0.1, 0.15) is 0 Å². The Balaban J connectivity index is 1.67. The van der Waals surface area contributed by atoms with Gasteiger partial charge in [-0.3, -0.25) is 10.1 Å². The van der Waals surface area contributed by atoms with E-state index in [-0.39, 0.29) is 12.2 Å². The zero-order valence-electron chi connectivity index (χ0n) is 16.5. The largest absolute Gasteiger partial charge is 0.416 e. The maximum absolute atomic E-state index is 12.8. The minimum absolute atomic E-state index is 0.191. The molecule has 0 fully saturated rings. The van der Waals surface area contributed by atoms with E-state index in [4.69, 9.17) is 4.74 Å². The summed E-state index contributed by atoms with van der Waals surface area (Å²) in [6.07, 6.45) is -3.69. The van der Waals surface area contributed by atoms with Crippen LogP contribution in [0.1, 0.15) is 18.9 Å². The lowest BCUT2D eigenvalue weighted by Crippen LogP contribution is -2.24. The number of anilines is 2. The van der Waals surface area contributed by atoms with E-state index in [9.17, 15) is 18.0 Å². The van der Waals surface area contributed by atoms with Crippen molar-refractivity contribution < 1.29 is 22.7 Å². The first kappa shape index (κ1) is 21.6. The summed E-state index contributed by atoms with van der Waals surface area (Å²) in [4.78, 5) is 16.9. The number of hydrogen-bond donors (Lipinski definition) is 2. The zero-order chi connectivity index (χ0) is 21.6. The minimum Gasteiger partial charge on any atom is -0.382 e. The van der Waals surface area contributed by atoms with Gasteiger partial charge in [-0.1, -0.05) is 18.2 Å². The molecule has 1 amide bonds. The molecule has 0 bridgehead atoms. The predicted octanol–water partition coefficient (Wildman–Crippen LogP) is 4.53. The Bertz CT molecular complexity index is 1000. The molecule has 0 saturated heterocycles. The van der Waals surface area contributed by atoms with Crippen molar-refractivity contribution in [2.24, 2.45) is 0 Å². The van der Waals surface area contributed by atoms with Crippen LogP contribution in [0.5, 0.6) is 0 Å². The van der Waals surface area contributed by atoms with E-state index in [0.717, 1.165) is 29.6 Å². The van der Waals surface area contributed by atoms with Gasteiger partial charge >= 0.3 is 6.18 Å². The van der Waals surface area contributed by atoms with Crippen LogP contribution in [0.25, 0.3) is 11.0 Å². The average Bonchev–Trinajstić information content (AvgIpc) is 3.06. The van der Waals surface area contributed by atoms with Crippen LogP contribution in [0.3, 0.4) is 0 Å². The van der Waals surface area contributed by atoms with E-state index < -0.39 is 17.6 Å². The number of para-hydroxylation sites is 2. The summed E-state index contributed by atoms with van der Waals surface area (Å²) in [6.45, 7) is 3.57. The molecule has 30 heavy (non-hydrogen) atoms. The number of halogens is 3. The van der Waals surface area contributed by atoms with Crippen molar-refractivity contribution >= 4 is 28.6 Å². The van der Waals surface area contributed by atoms with Crippen molar-refractivity contribution in [3.05, 3.63) is 54.1 Å². The van der Waals surface area contributed by atoms with Gasteiger partial charge in [-0.25, -0.2) is 4.98 Å². The van der Waals surface area contributed by atoms with Gasteiger partial charge in [0.2, 0.25) is 11.9 Å². The lowest BCUT2D eigenvalue weighted by Gasteiger charge is -2.12. The number of aromatic nitrogens is 2. The fraction of sp³-hybridized carbons (Fsp3) is 0.333. The second-order valence-corrected chi connectivity index (χ2v) is 6.61. The number of aryl methyl sites for hydroxylation is 1. The van der Waals surface area contributed by atoms with E-state index in [1.807, 2.05) is 35.8 Å². The van der Waals surface area contributed by atoms with Crippen LogP contribution in [0.15, 0.2) is 48.5 Å². The van der Waals surface area contributed by atoms with Gasteiger partial charge in [0.15, 0.2) is 0 Å². The molecule has 6 nitrogen and oxygen atoms in total. The number of benzene rings is 2. The number of nitrogens with zero attached hydrogens (tertiary/aromatic N) is 2. The molecule has 2 N–H and O–H groups in total. The molecule has 1 heterocycles. The molecule has 9 heteroatoms. The van der Waals surface area contributed by atoms with E-state index >= 15 is 0 Å². The van der Waals surface area contributed by atoms with Crippen molar-refractivity contribution in [1.29, 1.82) is 0 Å². The summed E-state index contributed by atoms with van der Waals surface area (Å²) in [5.74, 6) is -0.0164. The Hall–Kier alpha value is -3.07. The fourth-order valence-electron chi connectivity index (χ4n) is 3.02. The summed E-state index contributed by atoms with van der Waals surface area (Å²) in [5, 5.41) is 5.46. The third-order valence-electron chi connectivity index (χ3n) is 4.42. The van der Waals surface area contributed by atoms with E-state index in [2.05, 4.69) is 15.6 Å². The third kappa shape index (κ3) is 5.50. The number of ether oxygens (including phenoxy) is 1. The molecule has 2 aromatic carbocycles. The summed E-state index contributed by atoms with van der Waals surface area (Å²) in [6, 6.07) is 12.2. The molecule has 160 valence electrons. The van der Waals surface area contributed by atoms with Crippen molar-refractivity contribution in [3.8, 4) is 0 Å². The molecular weight excluding hydrogens is 397 g/mol. The highest BCUT2D eigenvalue weighted by Crippen LogP contribution is 2.30. The van der Waals surface area contributed by atoms with Crippen LogP contribution < -0.4 is 10.6 Å². The average molecular weight is 420 g/mol. The van der Waals surface area contributed by atoms with Gasteiger partial charge in [-0.2, -0.15) is 13.2 Å². The third-order valence-corrected chi connectivity index (χ3v) is 4.42.